The van der Waals surface area contributed by atoms with Gasteiger partial charge in [-0.2, -0.15) is 0 Å². The van der Waals surface area contributed by atoms with Crippen LogP contribution < -0.4 is 5.32 Å². The average Bonchev–Trinajstić information content (AvgIpc) is 3.79. The van der Waals surface area contributed by atoms with E-state index in [0.29, 0.717) is 0 Å². The zero-order chi connectivity index (χ0) is 34.2. The first kappa shape index (κ1) is 28.8. The first-order chi connectivity index (χ1) is 25.7. The number of fused-ring (bicyclic) bond motifs is 9. The highest BCUT2D eigenvalue weighted by atomic mass is 16.3. The van der Waals surface area contributed by atoms with E-state index in [1.54, 1.807) is 0 Å². The molecule has 0 aliphatic carbocycles. The third kappa shape index (κ3) is 4.49. The minimum absolute atomic E-state index is 0.541. The van der Waals surface area contributed by atoms with E-state index in [9.17, 15) is 0 Å². The molecule has 11 rings (SSSR count). The van der Waals surface area contributed by atoms with E-state index >= 15 is 0 Å². The van der Waals surface area contributed by atoms with Gasteiger partial charge in [-0.3, -0.25) is 0 Å². The van der Waals surface area contributed by atoms with E-state index in [1.165, 1.54) is 5.39 Å². The van der Waals surface area contributed by atoms with Crippen molar-refractivity contribution in [2.75, 3.05) is 0 Å². The first-order valence-corrected chi connectivity index (χ1v) is 17.5. The Morgan fingerprint density at radius 2 is 1.13 bits per heavy atom. The van der Waals surface area contributed by atoms with E-state index in [4.69, 9.17) is 18.8 Å². The molecule has 8 aromatic carbocycles. The third-order valence-electron chi connectivity index (χ3n) is 10.3. The predicted molar refractivity (Wildman–Crippen MR) is 213 cm³/mol. The lowest BCUT2D eigenvalue weighted by Gasteiger charge is -2.23. The van der Waals surface area contributed by atoms with Crippen LogP contribution in [0.1, 0.15) is 22.9 Å². The Bertz CT molecular complexity index is 3110. The fourth-order valence-electron chi connectivity index (χ4n) is 7.85. The predicted octanol–water partition coefficient (Wildman–Crippen LogP) is 12.0. The number of nitrogens with one attached hydrogen (secondary N) is 1. The molecule has 0 saturated heterocycles. The molecule has 0 amide bonds. The van der Waals surface area contributed by atoms with Crippen molar-refractivity contribution in [3.63, 3.8) is 0 Å². The van der Waals surface area contributed by atoms with Crippen molar-refractivity contribution in [3.05, 3.63) is 180 Å². The van der Waals surface area contributed by atoms with Gasteiger partial charge in [-0.05, 0) is 63.7 Å². The molecule has 1 atom stereocenters. The lowest BCUT2D eigenvalue weighted by molar-refractivity contribution is 0.669. The van der Waals surface area contributed by atoms with Crippen LogP contribution in [0.15, 0.2) is 183 Å². The van der Waals surface area contributed by atoms with Gasteiger partial charge in [0.1, 0.15) is 34.0 Å². The lowest BCUT2D eigenvalue weighted by atomic mass is 9.96. The van der Waals surface area contributed by atoms with Crippen LogP contribution in [-0.2, 0) is 0 Å². The molecule has 0 fully saturated rings. The molecule has 0 spiro atoms. The topological polar surface area (TPSA) is 63.0 Å². The summed E-state index contributed by atoms with van der Waals surface area (Å²) in [6, 6.07) is 56.8. The van der Waals surface area contributed by atoms with Crippen molar-refractivity contribution in [1.82, 2.24) is 5.32 Å². The largest absolute Gasteiger partial charge is 0.456 e. The van der Waals surface area contributed by atoms with E-state index in [0.717, 1.165) is 99.5 Å². The molecule has 10 aromatic rings. The number of benzene rings is 8. The van der Waals surface area contributed by atoms with E-state index in [2.05, 4.69) is 139 Å². The summed E-state index contributed by atoms with van der Waals surface area (Å²) in [7, 11) is 0. The van der Waals surface area contributed by atoms with Crippen molar-refractivity contribution >= 4 is 77.1 Å². The molecule has 1 aliphatic rings. The normalized spacial score (nSPS) is 14.7. The zero-order valence-corrected chi connectivity index (χ0v) is 27.9. The molecule has 1 unspecified atom stereocenters. The monoisotopic (exact) mass is 667 g/mol. The summed E-state index contributed by atoms with van der Waals surface area (Å²) in [6.07, 6.45) is -0.541. The Hall–Kier alpha value is -6.98. The van der Waals surface area contributed by atoms with Crippen molar-refractivity contribution in [2.45, 2.75) is 6.17 Å². The zero-order valence-electron chi connectivity index (χ0n) is 27.9. The van der Waals surface area contributed by atoms with E-state index < -0.39 is 6.17 Å². The van der Waals surface area contributed by atoms with Gasteiger partial charge in [0, 0.05) is 43.6 Å². The van der Waals surface area contributed by atoms with Crippen LogP contribution in [0.25, 0.3) is 76.5 Å². The molecule has 2 aromatic heterocycles. The molecule has 5 nitrogen and oxygen atoms in total. The van der Waals surface area contributed by atoms with Crippen molar-refractivity contribution in [1.29, 1.82) is 0 Å². The van der Waals surface area contributed by atoms with Crippen LogP contribution in [0.4, 0.5) is 0 Å². The summed E-state index contributed by atoms with van der Waals surface area (Å²) in [5.74, 6) is 1.47. The van der Waals surface area contributed by atoms with Crippen molar-refractivity contribution in [3.8, 4) is 11.1 Å². The molecule has 3 heterocycles. The van der Waals surface area contributed by atoms with Crippen LogP contribution in [0.2, 0.25) is 0 Å². The number of amidine groups is 2. The maximum Gasteiger partial charge on any atom is 0.170 e. The standard InChI is InChI=1S/C47H29N3O2/c1-2-12-29(13-3-1)38-26-33(27-41-42(38)35-17-8-9-19-39(35)51-41)46-48-45(32-22-21-28-11-4-5-15-31(28)25-32)49-47(50-46)37-18-10-20-40-43(37)36-24-23-30-14-6-7-16-34(30)44(36)52-40/h1-27,47H,(H,48,49,50). The first-order valence-electron chi connectivity index (χ1n) is 17.5. The fraction of sp³-hybridized carbons (Fsp3) is 0.0213. The molecule has 0 radical (unpaired) electrons. The van der Waals surface area contributed by atoms with Crippen molar-refractivity contribution in [2.24, 2.45) is 9.98 Å². The highest BCUT2D eigenvalue weighted by molar-refractivity contribution is 6.21. The average molecular weight is 668 g/mol. The van der Waals surface area contributed by atoms with E-state index in [1.807, 2.05) is 30.3 Å². The quantitative estimate of drug-likeness (QED) is 0.203. The lowest BCUT2D eigenvalue weighted by Crippen LogP contribution is -2.36. The van der Waals surface area contributed by atoms with Crippen molar-refractivity contribution < 1.29 is 8.83 Å². The summed E-state index contributed by atoms with van der Waals surface area (Å²) in [5, 5.41) is 12.5. The van der Waals surface area contributed by atoms with Crippen LogP contribution in [-0.4, -0.2) is 11.7 Å². The molecule has 0 bridgehead atoms. The Morgan fingerprint density at radius 3 is 2.02 bits per heavy atom. The van der Waals surface area contributed by atoms with Crippen LogP contribution >= 0.6 is 0 Å². The van der Waals surface area contributed by atoms with Crippen LogP contribution in [0.3, 0.4) is 0 Å². The van der Waals surface area contributed by atoms with Gasteiger partial charge in [0.15, 0.2) is 6.17 Å². The van der Waals surface area contributed by atoms with E-state index in [-0.39, 0.29) is 0 Å². The second-order valence-electron chi connectivity index (χ2n) is 13.4. The van der Waals surface area contributed by atoms with Gasteiger partial charge in [-0.15, -0.1) is 0 Å². The number of rotatable bonds is 4. The summed E-state index contributed by atoms with van der Waals surface area (Å²) >= 11 is 0. The maximum absolute atomic E-state index is 6.59. The van der Waals surface area contributed by atoms with Gasteiger partial charge < -0.3 is 14.2 Å². The van der Waals surface area contributed by atoms with Gasteiger partial charge >= 0.3 is 0 Å². The van der Waals surface area contributed by atoms with Gasteiger partial charge in [0.2, 0.25) is 0 Å². The third-order valence-corrected chi connectivity index (χ3v) is 10.3. The fourth-order valence-corrected chi connectivity index (χ4v) is 7.85. The second kappa shape index (κ2) is 11.3. The molecule has 52 heavy (non-hydrogen) atoms. The maximum atomic E-state index is 6.59. The number of nitrogens with zero attached hydrogens (tertiary/aromatic N) is 2. The Kier molecular flexibility index (Phi) is 6.25. The van der Waals surface area contributed by atoms with Gasteiger partial charge in [0.05, 0.1) is 0 Å². The summed E-state index contributed by atoms with van der Waals surface area (Å²) in [5.41, 5.74) is 8.44. The molecular weight excluding hydrogens is 639 g/mol. The Balaban J connectivity index is 1.15. The smallest absolute Gasteiger partial charge is 0.170 e. The number of hydrogen-bond donors (Lipinski definition) is 1. The number of aliphatic imine (C=N–C) groups is 2. The highest BCUT2D eigenvalue weighted by Gasteiger charge is 2.26. The van der Waals surface area contributed by atoms with Gasteiger partial charge in [-0.25, -0.2) is 9.98 Å². The Morgan fingerprint density at radius 1 is 0.423 bits per heavy atom. The SMILES string of the molecule is c1ccc(-c2cc(C3=NC(c4cccc5oc6c7ccccc7ccc6c45)N=C(c4ccc5ccccc5c4)N3)cc3oc4ccccc4c23)cc1. The number of para-hydroxylation sites is 1. The minimum Gasteiger partial charge on any atom is -0.456 e. The second-order valence-corrected chi connectivity index (χ2v) is 13.4. The molecule has 244 valence electrons. The number of hydrogen-bond acceptors (Lipinski definition) is 5. The van der Waals surface area contributed by atoms with Crippen LogP contribution in [0.5, 0.6) is 0 Å². The minimum atomic E-state index is -0.541. The van der Waals surface area contributed by atoms with Gasteiger partial charge in [-0.1, -0.05) is 127 Å². The molecule has 5 heteroatoms. The summed E-state index contributed by atoms with van der Waals surface area (Å²) in [4.78, 5) is 10.7. The summed E-state index contributed by atoms with van der Waals surface area (Å²) in [6.45, 7) is 0. The molecule has 1 aliphatic heterocycles. The Labute approximate surface area is 298 Å². The highest BCUT2D eigenvalue weighted by Crippen LogP contribution is 2.41. The summed E-state index contributed by atoms with van der Waals surface area (Å²) < 4.78 is 13.1. The molecular formula is C47H29N3O2. The van der Waals surface area contributed by atoms with Crippen LogP contribution in [0, 0.1) is 0 Å². The molecule has 1 N–H and O–H groups in total. The molecule has 0 saturated carbocycles. The number of furan rings is 2. The van der Waals surface area contributed by atoms with Gasteiger partial charge in [0.25, 0.3) is 0 Å².